The molecule has 0 aliphatic carbocycles. The van der Waals surface area contributed by atoms with E-state index in [1.54, 1.807) is 13.2 Å². The van der Waals surface area contributed by atoms with Crippen molar-refractivity contribution in [2.45, 2.75) is 6.92 Å². The van der Waals surface area contributed by atoms with E-state index in [2.05, 4.69) is 4.98 Å². The van der Waals surface area contributed by atoms with Gasteiger partial charge < -0.3 is 14.4 Å². The van der Waals surface area contributed by atoms with Gasteiger partial charge in [-0.1, -0.05) is 0 Å². The van der Waals surface area contributed by atoms with Gasteiger partial charge in [0.05, 0.1) is 12.3 Å². The highest BCUT2D eigenvalue weighted by Crippen LogP contribution is 2.21. The molecule has 5 heteroatoms. The normalized spacial score (nSPS) is 10.3. The molecule has 0 spiro atoms. The molecule has 1 heterocycles. The molecule has 0 bridgehead atoms. The summed E-state index contributed by atoms with van der Waals surface area (Å²) in [7, 11) is 1.66. The van der Waals surface area contributed by atoms with Crippen LogP contribution in [0.3, 0.4) is 0 Å². The number of aryl methyl sites for hydroxylation is 1. The van der Waals surface area contributed by atoms with Gasteiger partial charge in [-0.05, 0) is 31.2 Å². The Bertz CT molecular complexity index is 558. The SMILES string of the molecule is CCOc1ccc(-c2cn(C)c(C(=O)O)n2)cc1. The molecule has 1 N–H and O–H groups in total. The lowest BCUT2D eigenvalue weighted by molar-refractivity contribution is 0.0680. The Balaban J connectivity index is 2.31. The summed E-state index contributed by atoms with van der Waals surface area (Å²) in [5.41, 5.74) is 1.50. The number of hydrogen-bond donors (Lipinski definition) is 1. The second-order valence-corrected chi connectivity index (χ2v) is 3.82. The Kier molecular flexibility index (Phi) is 3.32. The van der Waals surface area contributed by atoms with Gasteiger partial charge >= 0.3 is 5.97 Å². The third kappa shape index (κ3) is 2.34. The van der Waals surface area contributed by atoms with Crippen molar-refractivity contribution in [2.24, 2.45) is 7.05 Å². The Labute approximate surface area is 105 Å². The summed E-state index contributed by atoms with van der Waals surface area (Å²) in [5, 5.41) is 8.94. The minimum absolute atomic E-state index is 0.0267. The fraction of sp³-hybridized carbons (Fsp3) is 0.231. The molecule has 0 aliphatic heterocycles. The van der Waals surface area contributed by atoms with E-state index < -0.39 is 5.97 Å². The van der Waals surface area contributed by atoms with Crippen LogP contribution >= 0.6 is 0 Å². The summed E-state index contributed by atoms with van der Waals surface area (Å²) in [6, 6.07) is 7.40. The van der Waals surface area contributed by atoms with E-state index in [0.29, 0.717) is 12.3 Å². The van der Waals surface area contributed by atoms with Crippen molar-refractivity contribution in [2.75, 3.05) is 6.61 Å². The molecule has 0 amide bonds. The molecule has 0 unspecified atom stereocenters. The number of rotatable bonds is 4. The fourth-order valence-corrected chi connectivity index (χ4v) is 1.69. The molecule has 0 saturated heterocycles. The number of benzene rings is 1. The summed E-state index contributed by atoms with van der Waals surface area (Å²) in [4.78, 5) is 15.0. The van der Waals surface area contributed by atoms with Gasteiger partial charge in [-0.2, -0.15) is 0 Å². The van der Waals surface area contributed by atoms with Gasteiger partial charge in [0.25, 0.3) is 0 Å². The fourth-order valence-electron chi connectivity index (χ4n) is 1.69. The van der Waals surface area contributed by atoms with Gasteiger partial charge in [0.1, 0.15) is 5.75 Å². The molecule has 1 aromatic heterocycles. The van der Waals surface area contributed by atoms with E-state index in [0.717, 1.165) is 11.3 Å². The van der Waals surface area contributed by atoms with E-state index in [1.165, 1.54) is 4.57 Å². The zero-order chi connectivity index (χ0) is 13.1. The zero-order valence-electron chi connectivity index (χ0n) is 10.3. The molecule has 1 aromatic carbocycles. The van der Waals surface area contributed by atoms with Crippen LogP contribution in [-0.2, 0) is 7.05 Å². The highest BCUT2D eigenvalue weighted by molar-refractivity contribution is 5.84. The first kappa shape index (κ1) is 12.2. The van der Waals surface area contributed by atoms with Crippen molar-refractivity contribution < 1.29 is 14.6 Å². The van der Waals surface area contributed by atoms with Gasteiger partial charge in [0, 0.05) is 18.8 Å². The van der Waals surface area contributed by atoms with Crippen LogP contribution in [-0.4, -0.2) is 27.2 Å². The lowest BCUT2D eigenvalue weighted by Crippen LogP contribution is -2.04. The third-order valence-electron chi connectivity index (χ3n) is 2.53. The first-order chi connectivity index (χ1) is 8.61. The van der Waals surface area contributed by atoms with Crippen molar-refractivity contribution >= 4 is 5.97 Å². The van der Waals surface area contributed by atoms with Gasteiger partial charge in [-0.25, -0.2) is 9.78 Å². The van der Waals surface area contributed by atoms with Crippen LogP contribution in [0.1, 0.15) is 17.5 Å². The standard InChI is InChI=1S/C13H14N2O3/c1-3-18-10-6-4-9(5-7-10)11-8-15(2)12(14-11)13(16)17/h4-8H,3H2,1-2H3,(H,16,17). The summed E-state index contributed by atoms with van der Waals surface area (Å²) in [6.45, 7) is 2.54. The van der Waals surface area contributed by atoms with Crippen LogP contribution in [0.25, 0.3) is 11.3 Å². The average Bonchev–Trinajstić information content (AvgIpc) is 2.73. The van der Waals surface area contributed by atoms with Gasteiger partial charge in [-0.3, -0.25) is 0 Å². The lowest BCUT2D eigenvalue weighted by Gasteiger charge is -2.02. The molecule has 0 atom stereocenters. The Morgan fingerprint density at radius 3 is 2.56 bits per heavy atom. The topological polar surface area (TPSA) is 64.3 Å². The maximum Gasteiger partial charge on any atom is 0.372 e. The highest BCUT2D eigenvalue weighted by atomic mass is 16.5. The van der Waals surface area contributed by atoms with Gasteiger partial charge in [0.15, 0.2) is 0 Å². The number of aromatic carboxylic acids is 1. The van der Waals surface area contributed by atoms with Crippen molar-refractivity contribution in [3.63, 3.8) is 0 Å². The molecule has 2 aromatic rings. The number of imidazole rings is 1. The van der Waals surface area contributed by atoms with Crippen LogP contribution in [0.2, 0.25) is 0 Å². The van der Waals surface area contributed by atoms with E-state index in [-0.39, 0.29) is 5.82 Å². The molecule has 0 fully saturated rings. The number of nitrogens with zero attached hydrogens (tertiary/aromatic N) is 2. The third-order valence-corrected chi connectivity index (χ3v) is 2.53. The monoisotopic (exact) mass is 246 g/mol. The molecule has 94 valence electrons. The largest absolute Gasteiger partial charge is 0.494 e. The van der Waals surface area contributed by atoms with E-state index in [4.69, 9.17) is 9.84 Å². The Morgan fingerprint density at radius 2 is 2.06 bits per heavy atom. The predicted octanol–water partition coefficient (Wildman–Crippen LogP) is 2.18. The average molecular weight is 246 g/mol. The zero-order valence-corrected chi connectivity index (χ0v) is 10.3. The molecule has 0 radical (unpaired) electrons. The Morgan fingerprint density at radius 1 is 1.39 bits per heavy atom. The van der Waals surface area contributed by atoms with Gasteiger partial charge in [-0.15, -0.1) is 0 Å². The molecular weight excluding hydrogens is 232 g/mol. The smallest absolute Gasteiger partial charge is 0.372 e. The van der Waals surface area contributed by atoms with Gasteiger partial charge in [0.2, 0.25) is 5.82 Å². The number of ether oxygens (including phenoxy) is 1. The molecule has 0 aliphatic rings. The predicted molar refractivity (Wildman–Crippen MR) is 66.8 cm³/mol. The lowest BCUT2D eigenvalue weighted by atomic mass is 10.2. The van der Waals surface area contributed by atoms with Crippen molar-refractivity contribution in [3.05, 3.63) is 36.3 Å². The minimum Gasteiger partial charge on any atom is -0.494 e. The van der Waals surface area contributed by atoms with E-state index in [1.807, 2.05) is 31.2 Å². The van der Waals surface area contributed by atoms with Crippen molar-refractivity contribution in [3.8, 4) is 17.0 Å². The second kappa shape index (κ2) is 4.91. The van der Waals surface area contributed by atoms with E-state index >= 15 is 0 Å². The van der Waals surface area contributed by atoms with Crippen LogP contribution in [0, 0.1) is 0 Å². The maximum atomic E-state index is 10.9. The highest BCUT2D eigenvalue weighted by Gasteiger charge is 2.13. The number of aromatic nitrogens is 2. The first-order valence-electron chi connectivity index (χ1n) is 5.61. The van der Waals surface area contributed by atoms with Crippen LogP contribution in [0.4, 0.5) is 0 Å². The molecule has 5 nitrogen and oxygen atoms in total. The van der Waals surface area contributed by atoms with E-state index in [9.17, 15) is 4.79 Å². The first-order valence-corrected chi connectivity index (χ1v) is 5.61. The molecule has 2 rings (SSSR count). The quantitative estimate of drug-likeness (QED) is 0.898. The maximum absolute atomic E-state index is 10.9. The van der Waals surface area contributed by atoms with Crippen LogP contribution in [0.15, 0.2) is 30.5 Å². The Hall–Kier alpha value is -2.30. The van der Waals surface area contributed by atoms with Crippen LogP contribution < -0.4 is 4.74 Å². The summed E-state index contributed by atoms with van der Waals surface area (Å²) in [5.74, 6) is -0.218. The molecular formula is C13H14N2O3. The van der Waals surface area contributed by atoms with Crippen molar-refractivity contribution in [1.29, 1.82) is 0 Å². The molecule has 18 heavy (non-hydrogen) atoms. The number of hydrogen-bond acceptors (Lipinski definition) is 3. The molecule has 0 saturated carbocycles. The summed E-state index contributed by atoms with van der Waals surface area (Å²) in [6.07, 6.45) is 1.69. The number of carboxylic acid groups (broad SMARTS) is 1. The summed E-state index contributed by atoms with van der Waals surface area (Å²) < 4.78 is 6.84. The second-order valence-electron chi connectivity index (χ2n) is 3.82. The van der Waals surface area contributed by atoms with Crippen molar-refractivity contribution in [1.82, 2.24) is 9.55 Å². The van der Waals surface area contributed by atoms with Crippen LogP contribution in [0.5, 0.6) is 5.75 Å². The number of carboxylic acids is 1. The minimum atomic E-state index is -1.03. The summed E-state index contributed by atoms with van der Waals surface area (Å²) >= 11 is 0. The number of carbonyl (C=O) groups is 1.